The van der Waals surface area contributed by atoms with Crippen LogP contribution in [0.5, 0.6) is 0 Å². The molecule has 1 saturated heterocycles. The van der Waals surface area contributed by atoms with Crippen LogP contribution in [0.3, 0.4) is 0 Å². The maximum absolute atomic E-state index is 9.44. The van der Waals surface area contributed by atoms with Gasteiger partial charge in [0.2, 0.25) is 0 Å². The van der Waals surface area contributed by atoms with E-state index in [1.54, 1.807) is 0 Å². The summed E-state index contributed by atoms with van der Waals surface area (Å²) >= 11 is 3.55. The molecule has 1 fully saturated rings. The minimum atomic E-state index is -0.108. The Labute approximate surface area is 111 Å². The molecule has 90 valence electrons. The third kappa shape index (κ3) is 3.08. The Balaban J connectivity index is 2.21. The van der Waals surface area contributed by atoms with E-state index in [1.807, 2.05) is 24.3 Å². The summed E-state index contributed by atoms with van der Waals surface area (Å²) < 4.78 is 1.04. The molecular weight excluding hydrogens is 276 g/mol. The molecule has 0 bridgehead atoms. The predicted octanol–water partition coefficient (Wildman–Crippen LogP) is 3.89. The summed E-state index contributed by atoms with van der Waals surface area (Å²) in [6, 6.07) is 10.4. The van der Waals surface area contributed by atoms with Crippen molar-refractivity contribution in [3.63, 3.8) is 0 Å². The summed E-state index contributed by atoms with van der Waals surface area (Å²) in [5, 5.41) is 9.44. The van der Waals surface area contributed by atoms with Gasteiger partial charge in [-0.15, -0.1) is 0 Å². The zero-order valence-corrected chi connectivity index (χ0v) is 11.5. The molecule has 0 spiro atoms. The van der Waals surface area contributed by atoms with Gasteiger partial charge in [-0.05, 0) is 37.6 Å². The van der Waals surface area contributed by atoms with Gasteiger partial charge in [0.1, 0.15) is 6.04 Å². The number of hydrogen-bond acceptors (Lipinski definition) is 2. The average Bonchev–Trinajstić information content (AvgIpc) is 2.62. The van der Waals surface area contributed by atoms with E-state index in [1.165, 1.54) is 25.7 Å². The number of halogens is 1. The first kappa shape index (κ1) is 12.6. The number of hydrogen-bond donors (Lipinski definition) is 0. The Hall–Kier alpha value is -0.850. The van der Waals surface area contributed by atoms with Crippen LogP contribution in [-0.2, 0) is 0 Å². The quantitative estimate of drug-likeness (QED) is 0.827. The van der Waals surface area contributed by atoms with Gasteiger partial charge in [-0.1, -0.05) is 47.0 Å². The fourth-order valence-electron chi connectivity index (χ4n) is 2.40. The summed E-state index contributed by atoms with van der Waals surface area (Å²) in [7, 11) is 0. The third-order valence-corrected chi connectivity index (χ3v) is 4.05. The number of likely N-dealkylation sites (tertiary alicyclic amines) is 1. The Morgan fingerprint density at radius 3 is 2.35 bits per heavy atom. The maximum atomic E-state index is 9.44. The van der Waals surface area contributed by atoms with Gasteiger partial charge in [0, 0.05) is 4.47 Å². The molecular formula is C14H17BrN2. The van der Waals surface area contributed by atoms with E-state index in [4.69, 9.17) is 0 Å². The summed E-state index contributed by atoms with van der Waals surface area (Å²) in [6.45, 7) is 2.08. The Morgan fingerprint density at radius 2 is 1.76 bits per heavy atom. The predicted molar refractivity (Wildman–Crippen MR) is 72.5 cm³/mol. The molecule has 1 aromatic carbocycles. The van der Waals surface area contributed by atoms with Gasteiger partial charge in [-0.2, -0.15) is 5.26 Å². The molecule has 0 amide bonds. The van der Waals surface area contributed by atoms with Crippen LogP contribution in [0.25, 0.3) is 0 Å². The lowest BCUT2D eigenvalue weighted by atomic mass is 10.1. The Bertz CT molecular complexity index is 403. The fraction of sp³-hybridized carbons (Fsp3) is 0.500. The van der Waals surface area contributed by atoms with Crippen molar-refractivity contribution in [2.75, 3.05) is 13.1 Å². The molecule has 1 aromatic rings. The lowest BCUT2D eigenvalue weighted by Crippen LogP contribution is -2.29. The first-order chi connectivity index (χ1) is 8.33. The van der Waals surface area contributed by atoms with Crippen molar-refractivity contribution in [2.45, 2.75) is 31.7 Å². The minimum Gasteiger partial charge on any atom is -0.284 e. The summed E-state index contributed by atoms with van der Waals surface area (Å²) in [5.74, 6) is 0. The molecule has 17 heavy (non-hydrogen) atoms. The van der Waals surface area contributed by atoms with Crippen molar-refractivity contribution >= 4 is 15.9 Å². The van der Waals surface area contributed by atoms with Crippen molar-refractivity contribution < 1.29 is 0 Å². The highest BCUT2D eigenvalue weighted by Crippen LogP contribution is 2.29. The SMILES string of the molecule is N#CC(c1ccccc1Br)N1CCCCCC1. The standard InChI is InChI=1S/C14H17BrN2/c15-13-8-4-3-7-12(13)14(11-16)17-9-5-1-2-6-10-17/h3-4,7-8,14H,1-2,5-6,9-10H2. The van der Waals surface area contributed by atoms with E-state index in [9.17, 15) is 5.26 Å². The summed E-state index contributed by atoms with van der Waals surface area (Å²) in [6.07, 6.45) is 5.01. The molecule has 0 N–H and O–H groups in total. The molecule has 1 unspecified atom stereocenters. The molecule has 2 nitrogen and oxygen atoms in total. The van der Waals surface area contributed by atoms with Gasteiger partial charge in [0.25, 0.3) is 0 Å². The van der Waals surface area contributed by atoms with Gasteiger partial charge in [-0.25, -0.2) is 0 Å². The average molecular weight is 293 g/mol. The van der Waals surface area contributed by atoms with Crippen molar-refractivity contribution in [1.29, 1.82) is 5.26 Å². The Morgan fingerprint density at radius 1 is 1.12 bits per heavy atom. The number of rotatable bonds is 2. The first-order valence-electron chi connectivity index (χ1n) is 6.21. The molecule has 2 rings (SSSR count). The topological polar surface area (TPSA) is 27.0 Å². The second-order valence-corrected chi connectivity index (χ2v) is 5.36. The van der Waals surface area contributed by atoms with E-state index in [0.29, 0.717) is 0 Å². The summed E-state index contributed by atoms with van der Waals surface area (Å²) in [5.41, 5.74) is 1.09. The van der Waals surface area contributed by atoms with Gasteiger partial charge in [0.15, 0.2) is 0 Å². The molecule has 1 atom stereocenters. The van der Waals surface area contributed by atoms with Crippen LogP contribution in [-0.4, -0.2) is 18.0 Å². The second kappa shape index (κ2) is 6.18. The Kier molecular flexibility index (Phi) is 4.58. The van der Waals surface area contributed by atoms with E-state index in [2.05, 4.69) is 26.9 Å². The van der Waals surface area contributed by atoms with E-state index >= 15 is 0 Å². The van der Waals surface area contributed by atoms with Crippen LogP contribution in [0.1, 0.15) is 37.3 Å². The number of nitrogens with zero attached hydrogens (tertiary/aromatic N) is 2. The lowest BCUT2D eigenvalue weighted by Gasteiger charge is -2.26. The minimum absolute atomic E-state index is 0.108. The van der Waals surface area contributed by atoms with E-state index in [0.717, 1.165) is 23.1 Å². The summed E-state index contributed by atoms with van der Waals surface area (Å²) in [4.78, 5) is 2.31. The fourth-order valence-corrected chi connectivity index (χ4v) is 2.90. The maximum Gasteiger partial charge on any atom is 0.124 e. The normalized spacial score (nSPS) is 19.3. The van der Waals surface area contributed by atoms with Gasteiger partial charge >= 0.3 is 0 Å². The molecule has 1 aliphatic heterocycles. The van der Waals surface area contributed by atoms with Gasteiger partial charge in [0.05, 0.1) is 6.07 Å². The zero-order valence-electron chi connectivity index (χ0n) is 9.90. The van der Waals surface area contributed by atoms with Crippen LogP contribution >= 0.6 is 15.9 Å². The van der Waals surface area contributed by atoms with Crippen molar-refractivity contribution in [3.8, 4) is 6.07 Å². The largest absolute Gasteiger partial charge is 0.284 e. The van der Waals surface area contributed by atoms with Crippen molar-refractivity contribution in [1.82, 2.24) is 4.90 Å². The van der Waals surface area contributed by atoms with Crippen LogP contribution in [0, 0.1) is 11.3 Å². The van der Waals surface area contributed by atoms with Crippen molar-refractivity contribution in [2.24, 2.45) is 0 Å². The molecule has 0 saturated carbocycles. The number of nitriles is 1. The number of benzene rings is 1. The van der Waals surface area contributed by atoms with Crippen LogP contribution in [0.2, 0.25) is 0 Å². The molecule has 0 radical (unpaired) electrons. The van der Waals surface area contributed by atoms with Crippen molar-refractivity contribution in [3.05, 3.63) is 34.3 Å². The highest BCUT2D eigenvalue weighted by atomic mass is 79.9. The molecule has 0 aromatic heterocycles. The van der Waals surface area contributed by atoms with E-state index < -0.39 is 0 Å². The second-order valence-electron chi connectivity index (χ2n) is 4.50. The molecule has 0 aliphatic carbocycles. The van der Waals surface area contributed by atoms with Crippen LogP contribution < -0.4 is 0 Å². The molecule has 1 heterocycles. The lowest BCUT2D eigenvalue weighted by molar-refractivity contribution is 0.245. The van der Waals surface area contributed by atoms with Gasteiger partial charge in [-0.3, -0.25) is 4.90 Å². The highest BCUT2D eigenvalue weighted by Gasteiger charge is 2.22. The molecule has 1 aliphatic rings. The van der Waals surface area contributed by atoms with E-state index in [-0.39, 0.29) is 6.04 Å². The smallest absolute Gasteiger partial charge is 0.124 e. The third-order valence-electron chi connectivity index (χ3n) is 3.33. The highest BCUT2D eigenvalue weighted by molar-refractivity contribution is 9.10. The van der Waals surface area contributed by atoms with Gasteiger partial charge < -0.3 is 0 Å². The monoisotopic (exact) mass is 292 g/mol. The zero-order chi connectivity index (χ0) is 12.1. The van der Waals surface area contributed by atoms with Crippen LogP contribution in [0.15, 0.2) is 28.7 Å². The first-order valence-corrected chi connectivity index (χ1v) is 7.00. The molecule has 3 heteroatoms. The van der Waals surface area contributed by atoms with Crippen LogP contribution in [0.4, 0.5) is 0 Å².